The van der Waals surface area contributed by atoms with Crippen LogP contribution < -0.4 is 9.46 Å². The van der Waals surface area contributed by atoms with Crippen LogP contribution in [0.25, 0.3) is 0 Å². The first-order chi connectivity index (χ1) is 14.9. The van der Waals surface area contributed by atoms with Gasteiger partial charge in [0.15, 0.2) is 0 Å². The van der Waals surface area contributed by atoms with Gasteiger partial charge in [-0.05, 0) is 68.6 Å². The first-order valence-corrected chi connectivity index (χ1v) is 12.0. The molecule has 2 aromatic rings. The van der Waals surface area contributed by atoms with Gasteiger partial charge < -0.3 is 9.47 Å². The fourth-order valence-electron chi connectivity index (χ4n) is 3.65. The summed E-state index contributed by atoms with van der Waals surface area (Å²) in [6.45, 7) is 5.47. The lowest BCUT2D eigenvalue weighted by molar-refractivity contribution is 0.0600. The molecule has 0 bridgehead atoms. The van der Waals surface area contributed by atoms with E-state index in [-0.39, 0.29) is 11.9 Å². The fourth-order valence-corrected chi connectivity index (χ4v) is 4.76. The summed E-state index contributed by atoms with van der Waals surface area (Å²) in [5.74, 6) is 0.601. The topological polar surface area (TPSA) is 84.9 Å². The largest absolute Gasteiger partial charge is 0.492 e. The molecule has 1 heterocycles. The van der Waals surface area contributed by atoms with Crippen molar-refractivity contribution < 1.29 is 22.7 Å². The Kier molecular flexibility index (Phi) is 8.06. The van der Waals surface area contributed by atoms with Crippen molar-refractivity contribution in [3.63, 3.8) is 0 Å². The van der Waals surface area contributed by atoms with E-state index in [1.54, 1.807) is 48.5 Å². The highest BCUT2D eigenvalue weighted by molar-refractivity contribution is 7.89. The monoisotopic (exact) mass is 446 g/mol. The smallest absolute Gasteiger partial charge is 0.337 e. The Bertz CT molecular complexity index is 958. The number of aryl methyl sites for hydroxylation is 1. The van der Waals surface area contributed by atoms with Crippen LogP contribution in [0.4, 0.5) is 0 Å². The van der Waals surface area contributed by atoms with E-state index in [2.05, 4.69) is 14.4 Å². The van der Waals surface area contributed by atoms with E-state index in [1.807, 2.05) is 6.92 Å². The minimum atomic E-state index is -3.48. The number of esters is 1. The van der Waals surface area contributed by atoms with E-state index >= 15 is 0 Å². The number of benzene rings is 2. The Hall–Kier alpha value is -2.42. The van der Waals surface area contributed by atoms with Crippen LogP contribution in [0.5, 0.6) is 5.75 Å². The number of hydrogen-bond donors (Lipinski definition) is 1. The van der Waals surface area contributed by atoms with E-state index in [0.717, 1.165) is 38.0 Å². The van der Waals surface area contributed by atoms with E-state index in [4.69, 9.17) is 4.74 Å². The number of methoxy groups -OCH3 is 1. The zero-order valence-electron chi connectivity index (χ0n) is 18.0. The second-order valence-corrected chi connectivity index (χ2v) is 9.61. The molecule has 1 aliphatic heterocycles. The van der Waals surface area contributed by atoms with Crippen molar-refractivity contribution in [3.8, 4) is 5.75 Å². The van der Waals surface area contributed by atoms with Crippen molar-refractivity contribution in [1.82, 2.24) is 9.62 Å². The Balaban J connectivity index is 1.43. The summed E-state index contributed by atoms with van der Waals surface area (Å²) in [5, 5.41) is 0. The first kappa shape index (κ1) is 23.2. The Morgan fingerprint density at radius 3 is 2.52 bits per heavy atom. The lowest BCUT2D eigenvalue weighted by Crippen LogP contribution is -2.42. The Morgan fingerprint density at radius 2 is 1.84 bits per heavy atom. The predicted octanol–water partition coefficient (Wildman–Crippen LogP) is 2.85. The highest BCUT2D eigenvalue weighted by Crippen LogP contribution is 2.18. The van der Waals surface area contributed by atoms with E-state index in [9.17, 15) is 13.2 Å². The molecule has 1 fully saturated rings. The molecule has 31 heavy (non-hydrogen) atoms. The van der Waals surface area contributed by atoms with Crippen LogP contribution in [0.2, 0.25) is 0 Å². The van der Waals surface area contributed by atoms with Crippen LogP contribution in [-0.4, -0.2) is 59.2 Å². The molecule has 0 amide bonds. The maximum atomic E-state index is 12.5. The molecule has 168 valence electrons. The number of hydrogen-bond acceptors (Lipinski definition) is 6. The number of piperidine rings is 1. The molecule has 1 aliphatic rings. The SMILES string of the molecule is COC(=O)c1ccc(OCCN2CCCC(CNS(=O)(=O)c3ccc(C)cc3)C2)cc1. The number of sulfonamides is 1. The van der Waals surface area contributed by atoms with Crippen LogP contribution >= 0.6 is 0 Å². The predicted molar refractivity (Wildman–Crippen MR) is 119 cm³/mol. The van der Waals surface area contributed by atoms with Gasteiger partial charge in [0.05, 0.1) is 17.6 Å². The average molecular weight is 447 g/mol. The molecule has 2 aromatic carbocycles. The number of nitrogens with zero attached hydrogens (tertiary/aromatic N) is 1. The van der Waals surface area contributed by atoms with Crippen molar-refractivity contribution >= 4 is 16.0 Å². The zero-order chi connectivity index (χ0) is 22.3. The van der Waals surface area contributed by atoms with E-state index in [0.29, 0.717) is 29.4 Å². The van der Waals surface area contributed by atoms with Crippen LogP contribution in [0.15, 0.2) is 53.4 Å². The number of likely N-dealkylation sites (tertiary alicyclic amines) is 1. The number of carbonyl (C=O) groups is 1. The van der Waals surface area contributed by atoms with Gasteiger partial charge in [-0.15, -0.1) is 0 Å². The number of ether oxygens (including phenoxy) is 2. The normalized spacial score (nSPS) is 17.3. The lowest BCUT2D eigenvalue weighted by Gasteiger charge is -2.32. The summed E-state index contributed by atoms with van der Waals surface area (Å²) in [6.07, 6.45) is 2.04. The van der Waals surface area contributed by atoms with Crippen LogP contribution in [0.3, 0.4) is 0 Å². The van der Waals surface area contributed by atoms with E-state index in [1.165, 1.54) is 7.11 Å². The maximum absolute atomic E-state index is 12.5. The highest BCUT2D eigenvalue weighted by Gasteiger charge is 2.22. The van der Waals surface area contributed by atoms with Crippen LogP contribution in [-0.2, 0) is 14.8 Å². The van der Waals surface area contributed by atoms with Gasteiger partial charge in [-0.25, -0.2) is 17.9 Å². The second-order valence-electron chi connectivity index (χ2n) is 7.84. The Labute approximate surface area is 184 Å². The molecule has 8 heteroatoms. The van der Waals surface area contributed by atoms with Gasteiger partial charge in [0.25, 0.3) is 0 Å². The maximum Gasteiger partial charge on any atom is 0.337 e. The quantitative estimate of drug-likeness (QED) is 0.597. The number of nitrogens with one attached hydrogen (secondary N) is 1. The average Bonchev–Trinajstić information content (AvgIpc) is 2.78. The number of rotatable bonds is 9. The third kappa shape index (κ3) is 6.78. The van der Waals surface area contributed by atoms with Crippen molar-refractivity contribution in [2.24, 2.45) is 5.92 Å². The summed E-state index contributed by atoms with van der Waals surface area (Å²) in [4.78, 5) is 14.1. The van der Waals surface area contributed by atoms with Crippen molar-refractivity contribution in [1.29, 1.82) is 0 Å². The molecule has 1 N–H and O–H groups in total. The zero-order valence-corrected chi connectivity index (χ0v) is 18.9. The van der Waals surface area contributed by atoms with Crippen LogP contribution in [0, 0.1) is 12.8 Å². The molecule has 1 atom stereocenters. The molecule has 0 radical (unpaired) electrons. The number of carbonyl (C=O) groups excluding carboxylic acids is 1. The third-order valence-corrected chi connectivity index (χ3v) is 6.89. The molecular formula is C23H30N2O5S. The van der Waals surface area contributed by atoms with Gasteiger partial charge >= 0.3 is 5.97 Å². The highest BCUT2D eigenvalue weighted by atomic mass is 32.2. The summed E-state index contributed by atoms with van der Waals surface area (Å²) in [6, 6.07) is 13.8. The molecule has 0 saturated carbocycles. The lowest BCUT2D eigenvalue weighted by atomic mass is 9.98. The minimum Gasteiger partial charge on any atom is -0.492 e. The summed E-state index contributed by atoms with van der Waals surface area (Å²) in [5.41, 5.74) is 1.52. The molecule has 3 rings (SSSR count). The molecular weight excluding hydrogens is 416 g/mol. The molecule has 1 unspecified atom stereocenters. The molecule has 0 aromatic heterocycles. The molecule has 7 nitrogen and oxygen atoms in total. The molecule has 1 saturated heterocycles. The second kappa shape index (κ2) is 10.7. The van der Waals surface area contributed by atoms with Gasteiger partial charge in [-0.1, -0.05) is 17.7 Å². The van der Waals surface area contributed by atoms with Crippen molar-refractivity contribution in [2.45, 2.75) is 24.7 Å². The third-order valence-electron chi connectivity index (χ3n) is 5.45. The van der Waals surface area contributed by atoms with Gasteiger partial charge in [0, 0.05) is 19.6 Å². The first-order valence-electron chi connectivity index (χ1n) is 10.5. The van der Waals surface area contributed by atoms with Gasteiger partial charge in [0.1, 0.15) is 12.4 Å². The van der Waals surface area contributed by atoms with E-state index < -0.39 is 10.0 Å². The van der Waals surface area contributed by atoms with Crippen molar-refractivity contribution in [3.05, 3.63) is 59.7 Å². The van der Waals surface area contributed by atoms with Gasteiger partial charge in [-0.3, -0.25) is 4.90 Å². The fraction of sp³-hybridized carbons (Fsp3) is 0.435. The summed E-state index contributed by atoms with van der Waals surface area (Å²) >= 11 is 0. The van der Waals surface area contributed by atoms with Crippen LogP contribution in [0.1, 0.15) is 28.8 Å². The van der Waals surface area contributed by atoms with Crippen molar-refractivity contribution in [2.75, 3.05) is 39.9 Å². The Morgan fingerprint density at radius 1 is 1.13 bits per heavy atom. The van der Waals surface area contributed by atoms with Gasteiger partial charge in [-0.2, -0.15) is 0 Å². The van der Waals surface area contributed by atoms with Gasteiger partial charge in [0.2, 0.25) is 10.0 Å². The standard InChI is InChI=1S/C23H30N2O5S/c1-18-5-11-22(12-6-18)31(27,28)24-16-19-4-3-13-25(17-19)14-15-30-21-9-7-20(8-10-21)23(26)29-2/h5-12,19,24H,3-4,13-17H2,1-2H3. The summed E-state index contributed by atoms with van der Waals surface area (Å²) < 4.78 is 38.3. The minimum absolute atomic E-state index is 0.272. The molecule has 0 aliphatic carbocycles. The molecule has 0 spiro atoms. The summed E-state index contributed by atoms with van der Waals surface area (Å²) in [7, 11) is -2.13.